The Morgan fingerprint density at radius 2 is 1.72 bits per heavy atom. The van der Waals surface area contributed by atoms with Crippen LogP contribution < -0.4 is 20.4 Å². The van der Waals surface area contributed by atoms with Gasteiger partial charge in [-0.05, 0) is 76.1 Å². The molecule has 0 spiro atoms. The second kappa shape index (κ2) is 11.7. The molecule has 5 rings (SSSR count). The molecule has 8 heteroatoms. The fourth-order valence-corrected chi connectivity index (χ4v) is 6.03. The first kappa shape index (κ1) is 25.2. The van der Waals surface area contributed by atoms with Crippen molar-refractivity contribution in [2.45, 2.75) is 69.7 Å². The number of hydrogen-bond donors (Lipinski definition) is 2. The number of piperidine rings is 2. The van der Waals surface area contributed by atoms with Gasteiger partial charge in [-0.15, -0.1) is 0 Å². The Balaban J connectivity index is 1.33. The molecular formula is C28H40N6OS. The Bertz CT molecular complexity index is 1010. The Morgan fingerprint density at radius 3 is 2.47 bits per heavy atom. The van der Waals surface area contributed by atoms with E-state index < -0.39 is 0 Å². The molecule has 1 atom stereocenters. The minimum absolute atomic E-state index is 0.0101. The molecule has 3 aliphatic rings. The summed E-state index contributed by atoms with van der Waals surface area (Å²) in [4.78, 5) is 14.7. The largest absolute Gasteiger partial charge is 0.381 e. The molecule has 2 N–H and O–H groups in total. The van der Waals surface area contributed by atoms with Crippen LogP contribution in [0.4, 0.5) is 17.6 Å². The van der Waals surface area contributed by atoms with Gasteiger partial charge in [0.15, 0.2) is 5.11 Å². The summed E-state index contributed by atoms with van der Waals surface area (Å²) in [5.41, 5.74) is 1.35. The van der Waals surface area contributed by atoms with Crippen LogP contribution in [0.15, 0.2) is 36.4 Å². The van der Waals surface area contributed by atoms with Gasteiger partial charge < -0.3 is 25.2 Å². The van der Waals surface area contributed by atoms with E-state index in [1.54, 1.807) is 0 Å². The number of anilines is 3. The van der Waals surface area contributed by atoms with E-state index in [4.69, 9.17) is 26.9 Å². The Kier molecular flexibility index (Phi) is 8.22. The summed E-state index contributed by atoms with van der Waals surface area (Å²) in [6.07, 6.45) is 9.38. The summed E-state index contributed by atoms with van der Waals surface area (Å²) in [5.74, 6) is 2.60. The van der Waals surface area contributed by atoms with Gasteiger partial charge in [0.25, 0.3) is 0 Å². The third-order valence-electron chi connectivity index (χ3n) is 8.13. The SMILES string of the molecule is CC1CCCCN1c1cc(N2CCCCC2)nc(NC(=S)NCC2(c3ccccc3)CCOCC2)n1. The molecule has 3 fully saturated rings. The smallest absolute Gasteiger partial charge is 0.232 e. The van der Waals surface area contributed by atoms with Crippen molar-refractivity contribution in [2.75, 3.05) is 54.5 Å². The molecule has 2 aromatic rings. The van der Waals surface area contributed by atoms with E-state index in [0.29, 0.717) is 17.1 Å². The minimum Gasteiger partial charge on any atom is -0.381 e. The summed E-state index contributed by atoms with van der Waals surface area (Å²) in [6.45, 7) is 7.75. The van der Waals surface area contributed by atoms with Gasteiger partial charge in [-0.1, -0.05) is 30.3 Å². The summed E-state index contributed by atoms with van der Waals surface area (Å²) >= 11 is 5.77. The van der Waals surface area contributed by atoms with Gasteiger partial charge in [-0.25, -0.2) is 0 Å². The van der Waals surface area contributed by atoms with Crippen LogP contribution in [0.3, 0.4) is 0 Å². The predicted octanol–water partition coefficient (Wildman–Crippen LogP) is 4.88. The van der Waals surface area contributed by atoms with Crippen molar-refractivity contribution in [2.24, 2.45) is 0 Å². The number of hydrogen-bond acceptors (Lipinski definition) is 6. The molecule has 1 unspecified atom stereocenters. The second-order valence-corrected chi connectivity index (χ2v) is 11.0. The van der Waals surface area contributed by atoms with Crippen LogP contribution in [-0.4, -0.2) is 60.5 Å². The number of thiocarbonyl (C=S) groups is 1. The Hall–Kier alpha value is -2.45. The first-order valence-electron chi connectivity index (χ1n) is 13.7. The van der Waals surface area contributed by atoms with Crippen LogP contribution in [-0.2, 0) is 10.2 Å². The van der Waals surface area contributed by atoms with Crippen LogP contribution in [0.5, 0.6) is 0 Å². The maximum atomic E-state index is 5.77. The van der Waals surface area contributed by atoms with Crippen molar-refractivity contribution in [1.82, 2.24) is 15.3 Å². The average Bonchev–Trinajstić information content (AvgIpc) is 2.93. The second-order valence-electron chi connectivity index (χ2n) is 10.6. The lowest BCUT2D eigenvalue weighted by atomic mass is 9.74. The summed E-state index contributed by atoms with van der Waals surface area (Å²) in [6, 6.07) is 13.4. The van der Waals surface area contributed by atoms with E-state index in [-0.39, 0.29) is 5.41 Å². The van der Waals surface area contributed by atoms with E-state index in [0.717, 1.165) is 63.9 Å². The maximum Gasteiger partial charge on any atom is 0.232 e. The van der Waals surface area contributed by atoms with Gasteiger partial charge in [0, 0.05) is 56.9 Å². The highest BCUT2D eigenvalue weighted by molar-refractivity contribution is 7.80. The predicted molar refractivity (Wildman–Crippen MR) is 151 cm³/mol. The van der Waals surface area contributed by atoms with Crippen LogP contribution in [0.2, 0.25) is 0 Å². The summed E-state index contributed by atoms with van der Waals surface area (Å²) in [5, 5.41) is 7.42. The highest BCUT2D eigenvalue weighted by Crippen LogP contribution is 2.34. The van der Waals surface area contributed by atoms with Gasteiger partial charge in [-0.2, -0.15) is 9.97 Å². The number of nitrogens with zero attached hydrogens (tertiary/aromatic N) is 4. The summed E-state index contributed by atoms with van der Waals surface area (Å²) in [7, 11) is 0. The molecule has 0 aliphatic carbocycles. The molecule has 1 aromatic heterocycles. The van der Waals surface area contributed by atoms with E-state index in [2.05, 4.69) is 63.8 Å². The van der Waals surface area contributed by atoms with Gasteiger partial charge in [0.05, 0.1) is 0 Å². The highest BCUT2D eigenvalue weighted by atomic mass is 32.1. The molecule has 0 radical (unpaired) electrons. The Morgan fingerprint density at radius 1 is 1.00 bits per heavy atom. The molecule has 4 heterocycles. The van der Waals surface area contributed by atoms with Crippen LogP contribution in [0, 0.1) is 0 Å². The van der Waals surface area contributed by atoms with Crippen molar-refractivity contribution >= 4 is 34.9 Å². The van der Waals surface area contributed by atoms with Crippen LogP contribution in [0.25, 0.3) is 0 Å². The standard InChI is InChI=1S/C28H40N6OS/c1-22-10-6-9-17-34(22)25-20-24(33-15-7-3-8-16-33)30-26(31-25)32-27(36)29-21-28(13-18-35-19-14-28)23-11-4-2-5-12-23/h2,4-5,11-12,20,22H,3,6-10,13-19,21H2,1H3,(H2,29,30,31,32,36). The number of rotatable bonds is 6. The highest BCUT2D eigenvalue weighted by Gasteiger charge is 2.34. The normalized spacial score (nSPS) is 22.2. The van der Waals surface area contributed by atoms with Gasteiger partial charge >= 0.3 is 0 Å². The van der Waals surface area contributed by atoms with E-state index >= 15 is 0 Å². The lowest BCUT2D eigenvalue weighted by molar-refractivity contribution is 0.0515. The molecule has 3 saturated heterocycles. The number of benzene rings is 1. The first-order chi connectivity index (χ1) is 17.6. The van der Waals surface area contributed by atoms with Gasteiger partial charge in [0.2, 0.25) is 5.95 Å². The minimum atomic E-state index is 0.0101. The molecular weight excluding hydrogens is 468 g/mol. The third kappa shape index (κ3) is 5.92. The van der Waals surface area contributed by atoms with Crippen molar-refractivity contribution in [3.8, 4) is 0 Å². The average molecular weight is 509 g/mol. The topological polar surface area (TPSA) is 65.5 Å². The zero-order chi connectivity index (χ0) is 24.8. The lowest BCUT2D eigenvalue weighted by Crippen LogP contribution is -2.45. The van der Waals surface area contributed by atoms with E-state index in [1.165, 1.54) is 44.1 Å². The van der Waals surface area contributed by atoms with Gasteiger partial charge in [0.1, 0.15) is 11.6 Å². The molecule has 194 valence electrons. The number of nitrogens with one attached hydrogen (secondary N) is 2. The first-order valence-corrected chi connectivity index (χ1v) is 14.1. The molecule has 0 bridgehead atoms. The van der Waals surface area contributed by atoms with Gasteiger partial charge in [-0.3, -0.25) is 0 Å². The van der Waals surface area contributed by atoms with Crippen molar-refractivity contribution < 1.29 is 4.74 Å². The molecule has 0 saturated carbocycles. The monoisotopic (exact) mass is 508 g/mol. The molecule has 36 heavy (non-hydrogen) atoms. The molecule has 0 amide bonds. The quantitative estimate of drug-likeness (QED) is 0.535. The maximum absolute atomic E-state index is 5.77. The van der Waals surface area contributed by atoms with Crippen molar-refractivity contribution in [3.63, 3.8) is 0 Å². The lowest BCUT2D eigenvalue weighted by Gasteiger charge is -2.38. The number of ether oxygens (including phenoxy) is 1. The van der Waals surface area contributed by atoms with Crippen LogP contribution >= 0.6 is 12.2 Å². The van der Waals surface area contributed by atoms with Crippen LogP contribution in [0.1, 0.15) is 63.9 Å². The molecule has 3 aliphatic heterocycles. The van der Waals surface area contributed by atoms with Crippen molar-refractivity contribution in [3.05, 3.63) is 42.0 Å². The zero-order valence-corrected chi connectivity index (χ0v) is 22.4. The van der Waals surface area contributed by atoms with Crippen molar-refractivity contribution in [1.29, 1.82) is 0 Å². The van der Waals surface area contributed by atoms with E-state index in [1.807, 2.05) is 0 Å². The number of aromatic nitrogens is 2. The fourth-order valence-electron chi connectivity index (χ4n) is 5.87. The third-order valence-corrected chi connectivity index (χ3v) is 8.37. The molecule has 7 nitrogen and oxygen atoms in total. The molecule has 1 aromatic carbocycles. The van der Waals surface area contributed by atoms with E-state index in [9.17, 15) is 0 Å². The summed E-state index contributed by atoms with van der Waals surface area (Å²) < 4.78 is 5.69. The zero-order valence-electron chi connectivity index (χ0n) is 21.5. The fraction of sp³-hybridized carbons (Fsp3) is 0.607. The Labute approximate surface area is 221 Å².